The molecule has 1 atom stereocenters. The van der Waals surface area contributed by atoms with E-state index in [4.69, 9.17) is 5.11 Å². The summed E-state index contributed by atoms with van der Waals surface area (Å²) in [6.07, 6.45) is -5.04. The molecule has 2 amide bonds. The zero-order valence-corrected chi connectivity index (χ0v) is 12.9. The quantitative estimate of drug-likeness (QED) is 0.782. The van der Waals surface area contributed by atoms with Gasteiger partial charge in [-0.3, -0.25) is 14.4 Å². The van der Waals surface area contributed by atoms with Crippen molar-refractivity contribution in [1.82, 2.24) is 0 Å². The van der Waals surface area contributed by atoms with E-state index in [-0.39, 0.29) is 24.3 Å². The fraction of sp³-hybridized carbons (Fsp3) is 0.357. The predicted molar refractivity (Wildman–Crippen MR) is 78.7 cm³/mol. The number of anilines is 1. The smallest absolute Gasteiger partial charge is 0.481 e. The molecule has 1 fully saturated rings. The van der Waals surface area contributed by atoms with Crippen molar-refractivity contribution in [1.29, 1.82) is 0 Å². The summed E-state index contributed by atoms with van der Waals surface area (Å²) in [6.45, 7) is 0. The molecule has 0 radical (unpaired) electrons. The third-order valence-electron chi connectivity index (χ3n) is 3.07. The first-order chi connectivity index (χ1) is 11.2. The lowest BCUT2D eigenvalue weighted by atomic mass is 10.3. The number of carbonyl (C=O) groups excluding carboxylic acids is 2. The lowest BCUT2D eigenvalue weighted by Crippen LogP contribution is -2.31. The van der Waals surface area contributed by atoms with E-state index in [0.29, 0.717) is 0 Å². The molecular weight excluding hydrogens is 351 g/mol. The van der Waals surface area contributed by atoms with Crippen LogP contribution in [0.1, 0.15) is 12.8 Å². The van der Waals surface area contributed by atoms with Crippen molar-refractivity contribution in [2.24, 2.45) is 0 Å². The highest BCUT2D eigenvalue weighted by molar-refractivity contribution is 8.00. The number of benzene rings is 1. The number of hydrogen-bond acceptors (Lipinski definition) is 5. The van der Waals surface area contributed by atoms with Crippen LogP contribution in [0.15, 0.2) is 24.3 Å². The van der Waals surface area contributed by atoms with Gasteiger partial charge in [0, 0.05) is 12.2 Å². The number of carboxylic acids is 1. The van der Waals surface area contributed by atoms with Crippen LogP contribution in [0.25, 0.3) is 0 Å². The summed E-state index contributed by atoms with van der Waals surface area (Å²) in [5.74, 6) is -2.28. The number of aliphatic carboxylic acids is 1. The van der Waals surface area contributed by atoms with Crippen LogP contribution in [-0.4, -0.2) is 40.3 Å². The maximum Gasteiger partial charge on any atom is 0.573 e. The maximum absolute atomic E-state index is 12.2. The number of thioether (sulfide) groups is 1. The van der Waals surface area contributed by atoms with Crippen molar-refractivity contribution in [3.8, 4) is 5.75 Å². The van der Waals surface area contributed by atoms with Crippen LogP contribution in [-0.2, 0) is 14.4 Å². The van der Waals surface area contributed by atoms with E-state index in [2.05, 4.69) is 4.74 Å². The summed E-state index contributed by atoms with van der Waals surface area (Å²) < 4.78 is 40.0. The first-order valence-electron chi connectivity index (χ1n) is 6.73. The van der Waals surface area contributed by atoms with Crippen LogP contribution >= 0.6 is 11.8 Å². The number of amides is 2. The Balaban J connectivity index is 2.04. The molecule has 1 N–H and O–H groups in total. The minimum absolute atomic E-state index is 0.0794. The van der Waals surface area contributed by atoms with Crippen LogP contribution in [0, 0.1) is 0 Å². The summed E-state index contributed by atoms with van der Waals surface area (Å²) in [5.41, 5.74) is 0.140. The molecule has 6 nitrogen and oxygen atoms in total. The number of ether oxygens (including phenoxy) is 1. The van der Waals surface area contributed by atoms with Crippen LogP contribution in [0.2, 0.25) is 0 Å². The molecule has 130 valence electrons. The number of alkyl halides is 3. The number of rotatable bonds is 6. The lowest BCUT2D eigenvalue weighted by molar-refractivity contribution is -0.274. The molecule has 0 aromatic heterocycles. The summed E-state index contributed by atoms with van der Waals surface area (Å²) in [7, 11) is 0. The van der Waals surface area contributed by atoms with Crippen LogP contribution in [0.3, 0.4) is 0 Å². The van der Waals surface area contributed by atoms with E-state index in [0.717, 1.165) is 28.8 Å². The largest absolute Gasteiger partial charge is 0.573 e. The highest BCUT2D eigenvalue weighted by atomic mass is 32.2. The number of carboxylic acid groups (broad SMARTS) is 1. The topological polar surface area (TPSA) is 83.9 Å². The Kier molecular flexibility index (Phi) is 5.37. The molecule has 0 saturated carbocycles. The van der Waals surface area contributed by atoms with E-state index < -0.39 is 35.1 Å². The van der Waals surface area contributed by atoms with Gasteiger partial charge in [0.05, 0.1) is 17.4 Å². The molecule has 0 unspecified atom stereocenters. The fourth-order valence-electron chi connectivity index (χ4n) is 2.09. The van der Waals surface area contributed by atoms with Gasteiger partial charge >= 0.3 is 12.3 Å². The van der Waals surface area contributed by atoms with E-state index in [9.17, 15) is 27.6 Å². The number of carbonyl (C=O) groups is 3. The molecule has 1 aromatic carbocycles. The molecule has 1 aliphatic rings. The van der Waals surface area contributed by atoms with Crippen molar-refractivity contribution in [2.75, 3.05) is 10.7 Å². The zero-order chi connectivity index (χ0) is 17.9. The molecule has 1 saturated heterocycles. The van der Waals surface area contributed by atoms with Gasteiger partial charge in [-0.2, -0.15) is 0 Å². The van der Waals surface area contributed by atoms with Crippen molar-refractivity contribution in [3.05, 3.63) is 24.3 Å². The molecule has 1 aliphatic heterocycles. The van der Waals surface area contributed by atoms with Crippen molar-refractivity contribution < 1.29 is 37.4 Å². The Morgan fingerprint density at radius 1 is 1.29 bits per heavy atom. The van der Waals surface area contributed by atoms with Crippen LogP contribution in [0.4, 0.5) is 18.9 Å². The predicted octanol–water partition coefficient (Wildman–Crippen LogP) is 2.43. The first kappa shape index (κ1) is 18.1. The average Bonchev–Trinajstić information content (AvgIpc) is 2.73. The Morgan fingerprint density at radius 3 is 2.46 bits per heavy atom. The monoisotopic (exact) mass is 363 g/mol. The van der Waals surface area contributed by atoms with Crippen molar-refractivity contribution in [2.45, 2.75) is 24.5 Å². The van der Waals surface area contributed by atoms with Crippen molar-refractivity contribution >= 4 is 35.2 Å². The second-order valence-corrected chi connectivity index (χ2v) is 6.13. The van der Waals surface area contributed by atoms with Gasteiger partial charge in [-0.25, -0.2) is 4.90 Å². The summed E-state index contributed by atoms with van der Waals surface area (Å²) in [4.78, 5) is 35.6. The van der Waals surface area contributed by atoms with Crippen LogP contribution in [0.5, 0.6) is 5.75 Å². The number of halogens is 3. The lowest BCUT2D eigenvalue weighted by Gasteiger charge is -2.16. The van der Waals surface area contributed by atoms with E-state index in [1.165, 1.54) is 12.1 Å². The standard InChI is InChI=1S/C14H12F3NO5S/c15-14(16,17)23-9-3-1-8(2-4-9)18-11(19)7-10(13(18)22)24-6-5-12(20)21/h1-4,10H,5-7H2,(H,20,21)/t10-/m1/s1. The zero-order valence-electron chi connectivity index (χ0n) is 12.1. The second kappa shape index (κ2) is 7.12. The molecule has 0 aliphatic carbocycles. The summed E-state index contributed by atoms with van der Waals surface area (Å²) in [6, 6.07) is 4.38. The highest BCUT2D eigenvalue weighted by Crippen LogP contribution is 2.31. The number of imide groups is 1. The molecule has 0 bridgehead atoms. The van der Waals surface area contributed by atoms with E-state index >= 15 is 0 Å². The average molecular weight is 363 g/mol. The first-order valence-corrected chi connectivity index (χ1v) is 7.78. The minimum Gasteiger partial charge on any atom is -0.481 e. The molecule has 1 aromatic rings. The molecule has 0 spiro atoms. The van der Waals surface area contributed by atoms with Gasteiger partial charge in [-0.05, 0) is 24.3 Å². The Bertz CT molecular complexity index is 647. The van der Waals surface area contributed by atoms with E-state index in [1.54, 1.807) is 0 Å². The van der Waals surface area contributed by atoms with Gasteiger partial charge in [0.15, 0.2) is 0 Å². The normalized spacial score (nSPS) is 18.1. The second-order valence-electron chi connectivity index (χ2n) is 4.82. The molecule has 24 heavy (non-hydrogen) atoms. The SMILES string of the molecule is O=C(O)CCS[C@@H]1CC(=O)N(c2ccc(OC(F)(F)F)cc2)C1=O. The molecule has 2 rings (SSSR count). The summed E-state index contributed by atoms with van der Waals surface area (Å²) in [5, 5.41) is 7.88. The van der Waals surface area contributed by atoms with Gasteiger partial charge in [0.2, 0.25) is 11.8 Å². The Labute approximate surface area is 138 Å². The van der Waals surface area contributed by atoms with Gasteiger partial charge < -0.3 is 9.84 Å². The Hall–Kier alpha value is -2.23. The maximum atomic E-state index is 12.2. The number of nitrogens with zero attached hydrogens (tertiary/aromatic N) is 1. The molecular formula is C14H12F3NO5S. The van der Waals surface area contributed by atoms with Gasteiger partial charge in [0.1, 0.15) is 5.75 Å². The minimum atomic E-state index is -4.83. The van der Waals surface area contributed by atoms with Gasteiger partial charge in [0.25, 0.3) is 0 Å². The third kappa shape index (κ3) is 4.63. The van der Waals surface area contributed by atoms with Crippen LogP contribution < -0.4 is 9.64 Å². The number of hydrogen-bond donors (Lipinski definition) is 1. The molecule has 10 heteroatoms. The Morgan fingerprint density at radius 2 is 1.92 bits per heavy atom. The van der Waals surface area contributed by atoms with E-state index in [1.807, 2.05) is 0 Å². The third-order valence-corrected chi connectivity index (χ3v) is 4.28. The fourth-order valence-corrected chi connectivity index (χ4v) is 3.18. The van der Waals surface area contributed by atoms with Gasteiger partial charge in [-0.15, -0.1) is 24.9 Å². The van der Waals surface area contributed by atoms with Gasteiger partial charge in [-0.1, -0.05) is 0 Å². The van der Waals surface area contributed by atoms with Crippen molar-refractivity contribution in [3.63, 3.8) is 0 Å². The molecule has 1 heterocycles. The summed E-state index contributed by atoms with van der Waals surface area (Å²) >= 11 is 1.07. The highest BCUT2D eigenvalue weighted by Gasteiger charge is 2.40.